The molecule has 1 aliphatic rings. The predicted molar refractivity (Wildman–Crippen MR) is 108 cm³/mol. The van der Waals surface area contributed by atoms with Gasteiger partial charge in [-0.25, -0.2) is 4.98 Å². The van der Waals surface area contributed by atoms with E-state index < -0.39 is 5.91 Å². The molecule has 0 aliphatic heterocycles. The van der Waals surface area contributed by atoms with Crippen molar-refractivity contribution < 1.29 is 4.79 Å². The Kier molecular flexibility index (Phi) is 5.27. The van der Waals surface area contributed by atoms with E-state index >= 15 is 0 Å². The van der Waals surface area contributed by atoms with Crippen LogP contribution in [0.5, 0.6) is 0 Å². The summed E-state index contributed by atoms with van der Waals surface area (Å²) in [6.07, 6.45) is 7.85. The van der Waals surface area contributed by atoms with Crippen molar-refractivity contribution >= 4 is 33.8 Å². The van der Waals surface area contributed by atoms with Crippen molar-refractivity contribution in [3.05, 3.63) is 67.5 Å². The zero-order chi connectivity index (χ0) is 18.8. The highest BCUT2D eigenvalue weighted by Crippen LogP contribution is 2.27. The summed E-state index contributed by atoms with van der Waals surface area (Å²) >= 11 is 7.70. The zero-order valence-corrected chi connectivity index (χ0v) is 16.4. The minimum Gasteiger partial charge on any atom is -0.348 e. The fourth-order valence-corrected chi connectivity index (χ4v) is 4.86. The molecule has 3 aromatic rings. The highest BCUT2D eigenvalue weighted by Gasteiger charge is 2.20. The highest BCUT2D eigenvalue weighted by molar-refractivity contribution is 7.17. The number of hydrogen-bond donors (Lipinski definition) is 1. The quantitative estimate of drug-likeness (QED) is 0.721. The van der Waals surface area contributed by atoms with Gasteiger partial charge in [0.1, 0.15) is 5.56 Å². The van der Waals surface area contributed by atoms with Crippen molar-refractivity contribution in [2.75, 3.05) is 0 Å². The van der Waals surface area contributed by atoms with Gasteiger partial charge < -0.3 is 5.32 Å². The van der Waals surface area contributed by atoms with Crippen molar-refractivity contribution in [1.29, 1.82) is 0 Å². The summed E-state index contributed by atoms with van der Waals surface area (Å²) in [6, 6.07) is 7.31. The van der Waals surface area contributed by atoms with Crippen LogP contribution in [0.1, 0.15) is 52.2 Å². The van der Waals surface area contributed by atoms with Gasteiger partial charge in [-0.3, -0.25) is 14.0 Å². The summed E-state index contributed by atoms with van der Waals surface area (Å²) in [5.74, 6) is -0.424. The lowest BCUT2D eigenvalue weighted by Crippen LogP contribution is -2.31. The van der Waals surface area contributed by atoms with Crippen molar-refractivity contribution in [1.82, 2.24) is 14.7 Å². The Morgan fingerprint density at radius 1 is 1.19 bits per heavy atom. The van der Waals surface area contributed by atoms with Gasteiger partial charge in [-0.1, -0.05) is 42.6 Å². The first-order chi connectivity index (χ1) is 13.1. The van der Waals surface area contributed by atoms with Gasteiger partial charge in [0.2, 0.25) is 0 Å². The molecule has 1 amide bonds. The van der Waals surface area contributed by atoms with Crippen LogP contribution in [0, 0.1) is 0 Å². The highest BCUT2D eigenvalue weighted by atomic mass is 35.5. The Morgan fingerprint density at radius 3 is 2.78 bits per heavy atom. The van der Waals surface area contributed by atoms with Crippen LogP contribution in [0.2, 0.25) is 5.02 Å². The molecule has 0 atom stereocenters. The van der Waals surface area contributed by atoms with E-state index in [1.54, 1.807) is 21.8 Å². The molecule has 0 bridgehead atoms. The number of thiazole rings is 1. The number of rotatable bonds is 3. The number of nitrogens with one attached hydrogen (secondary N) is 1. The number of aromatic nitrogens is 2. The van der Waals surface area contributed by atoms with Crippen molar-refractivity contribution in [2.45, 2.75) is 45.1 Å². The fourth-order valence-electron chi connectivity index (χ4n) is 3.49. The van der Waals surface area contributed by atoms with E-state index in [1.807, 2.05) is 18.2 Å². The summed E-state index contributed by atoms with van der Waals surface area (Å²) in [5, 5.41) is 3.37. The van der Waals surface area contributed by atoms with Gasteiger partial charge >= 0.3 is 0 Å². The molecule has 4 rings (SSSR count). The smallest absolute Gasteiger partial charge is 0.271 e. The van der Waals surface area contributed by atoms with E-state index in [9.17, 15) is 9.59 Å². The van der Waals surface area contributed by atoms with E-state index in [-0.39, 0.29) is 17.7 Å². The van der Waals surface area contributed by atoms with Gasteiger partial charge in [0, 0.05) is 28.3 Å². The fraction of sp³-hybridized carbons (Fsp3) is 0.350. The minimum absolute atomic E-state index is 0.0715. The first kappa shape index (κ1) is 18.2. The predicted octanol–water partition coefficient (Wildman–Crippen LogP) is 4.00. The van der Waals surface area contributed by atoms with Crippen LogP contribution in [-0.2, 0) is 19.4 Å². The van der Waals surface area contributed by atoms with E-state index in [0.29, 0.717) is 9.98 Å². The monoisotopic (exact) mass is 401 g/mol. The number of benzene rings is 1. The van der Waals surface area contributed by atoms with Crippen molar-refractivity contribution in [2.24, 2.45) is 0 Å². The van der Waals surface area contributed by atoms with Crippen LogP contribution < -0.4 is 10.9 Å². The molecule has 5 nitrogen and oxygen atoms in total. The molecule has 2 aromatic heterocycles. The molecule has 7 heteroatoms. The molecule has 2 heterocycles. The van der Waals surface area contributed by atoms with Gasteiger partial charge in [0.25, 0.3) is 11.5 Å². The molecule has 0 fully saturated rings. The second-order valence-corrected chi connectivity index (χ2v) is 8.22. The maximum atomic E-state index is 13.0. The average molecular weight is 402 g/mol. The Labute approximate surface area is 166 Å². The summed E-state index contributed by atoms with van der Waals surface area (Å²) < 4.78 is 1.65. The van der Waals surface area contributed by atoms with Crippen LogP contribution in [0.4, 0.5) is 0 Å². The number of amides is 1. The summed E-state index contributed by atoms with van der Waals surface area (Å²) in [6.45, 7) is 0.266. The van der Waals surface area contributed by atoms with E-state index in [2.05, 4.69) is 10.3 Å². The number of carbonyl (C=O) groups is 1. The third-order valence-corrected chi connectivity index (χ3v) is 6.47. The van der Waals surface area contributed by atoms with Crippen LogP contribution in [-0.4, -0.2) is 15.3 Å². The van der Waals surface area contributed by atoms with Crippen LogP contribution in [0.3, 0.4) is 0 Å². The van der Waals surface area contributed by atoms with Gasteiger partial charge in [0.05, 0.1) is 0 Å². The van der Waals surface area contributed by atoms with E-state index in [4.69, 9.17) is 11.6 Å². The first-order valence-corrected chi connectivity index (χ1v) is 10.4. The minimum atomic E-state index is -0.424. The summed E-state index contributed by atoms with van der Waals surface area (Å²) in [5.41, 5.74) is 1.63. The van der Waals surface area contributed by atoms with Crippen LogP contribution in [0.15, 0.2) is 35.3 Å². The second kappa shape index (κ2) is 7.82. The number of halogens is 1. The zero-order valence-electron chi connectivity index (χ0n) is 14.8. The molecular formula is C20H20ClN3O2S. The molecule has 1 aromatic carbocycles. The van der Waals surface area contributed by atoms with Crippen molar-refractivity contribution in [3.8, 4) is 0 Å². The number of carbonyl (C=O) groups excluding carboxylic acids is 1. The largest absolute Gasteiger partial charge is 0.348 e. The van der Waals surface area contributed by atoms with Crippen LogP contribution >= 0.6 is 22.9 Å². The van der Waals surface area contributed by atoms with Crippen molar-refractivity contribution in [3.63, 3.8) is 0 Å². The normalized spacial score (nSPS) is 14.4. The number of nitrogens with zero attached hydrogens (tertiary/aromatic N) is 2. The molecule has 1 N–H and O–H groups in total. The number of aryl methyl sites for hydroxylation is 2. The third-order valence-electron chi connectivity index (χ3n) is 4.94. The molecular weight excluding hydrogens is 382 g/mol. The SMILES string of the molecule is O=C(NCc1ccccc1Cl)c1cnc2sc3c(n2c1=O)CCCCCC3. The molecule has 0 unspecified atom stereocenters. The van der Waals surface area contributed by atoms with E-state index in [1.165, 1.54) is 23.9 Å². The third kappa shape index (κ3) is 3.64. The standard InChI is InChI=1S/C20H20ClN3O2S/c21-15-8-6-5-7-13(15)11-22-18(25)14-12-23-20-24(19(14)26)16-9-3-1-2-4-10-17(16)27-20/h5-8,12H,1-4,9-11H2,(H,22,25). The van der Waals surface area contributed by atoms with Crippen LogP contribution in [0.25, 0.3) is 4.96 Å². The van der Waals surface area contributed by atoms with Gasteiger partial charge in [-0.15, -0.1) is 11.3 Å². The molecule has 0 spiro atoms. The number of fused-ring (bicyclic) bond motifs is 3. The molecule has 0 saturated carbocycles. The Bertz CT molecular complexity index is 1060. The number of hydrogen-bond acceptors (Lipinski definition) is 4. The molecule has 0 radical (unpaired) electrons. The average Bonchev–Trinajstić information content (AvgIpc) is 2.98. The van der Waals surface area contributed by atoms with Gasteiger partial charge in [-0.05, 0) is 37.3 Å². The second-order valence-electron chi connectivity index (χ2n) is 6.76. The Morgan fingerprint density at radius 2 is 1.96 bits per heavy atom. The lowest BCUT2D eigenvalue weighted by molar-refractivity contribution is 0.0949. The Balaban J connectivity index is 1.65. The maximum absolute atomic E-state index is 13.0. The summed E-state index contributed by atoms with van der Waals surface area (Å²) in [4.78, 5) is 31.9. The van der Waals surface area contributed by atoms with Gasteiger partial charge in [0.15, 0.2) is 4.96 Å². The summed E-state index contributed by atoms with van der Waals surface area (Å²) in [7, 11) is 0. The molecule has 27 heavy (non-hydrogen) atoms. The first-order valence-electron chi connectivity index (χ1n) is 9.19. The van der Waals surface area contributed by atoms with E-state index in [0.717, 1.165) is 36.9 Å². The lowest BCUT2D eigenvalue weighted by atomic mass is 10.0. The maximum Gasteiger partial charge on any atom is 0.271 e. The molecule has 1 aliphatic carbocycles. The molecule has 140 valence electrons. The lowest BCUT2D eigenvalue weighted by Gasteiger charge is -2.10. The molecule has 0 saturated heterocycles. The van der Waals surface area contributed by atoms with Gasteiger partial charge in [-0.2, -0.15) is 0 Å². The topological polar surface area (TPSA) is 63.5 Å². The Hall–Kier alpha value is -2.18.